The number of hydrogen-bond acceptors (Lipinski definition) is 6. The van der Waals surface area contributed by atoms with E-state index in [9.17, 15) is 19.0 Å². The van der Waals surface area contributed by atoms with Crippen molar-refractivity contribution in [2.75, 3.05) is 40.9 Å². The second kappa shape index (κ2) is 58.2. The van der Waals surface area contributed by atoms with Gasteiger partial charge in [0, 0.05) is 12.8 Å². The van der Waals surface area contributed by atoms with Gasteiger partial charge in [-0.3, -0.25) is 18.6 Å². The molecule has 2 N–H and O–H groups in total. The molecular formula is C68H130N2O7P+. The van der Waals surface area contributed by atoms with E-state index in [1.165, 1.54) is 225 Å². The van der Waals surface area contributed by atoms with Crippen LogP contribution in [0.25, 0.3) is 0 Å². The number of nitrogens with zero attached hydrogens (tertiary/aromatic N) is 1. The minimum Gasteiger partial charge on any atom is -0.456 e. The molecule has 0 radical (unpaired) electrons. The Balaban J connectivity index is 5.06. The number of carbonyl (C=O) groups is 2. The Morgan fingerprint density at radius 2 is 0.782 bits per heavy atom. The second-order valence-corrected chi connectivity index (χ2v) is 25.4. The largest absolute Gasteiger partial charge is 0.472 e. The number of phosphoric acid groups is 1. The average Bonchev–Trinajstić information content (AvgIpc) is 3.40. The maximum absolute atomic E-state index is 13.6. The van der Waals surface area contributed by atoms with Crippen LogP contribution >= 0.6 is 7.82 Å². The first-order valence-electron chi connectivity index (χ1n) is 33.5. The van der Waals surface area contributed by atoms with Gasteiger partial charge in [0.2, 0.25) is 5.91 Å². The molecule has 0 spiro atoms. The zero-order valence-corrected chi connectivity index (χ0v) is 53.3. The van der Waals surface area contributed by atoms with Gasteiger partial charge in [0.05, 0.1) is 33.8 Å². The van der Waals surface area contributed by atoms with Crippen LogP contribution in [-0.2, 0) is 27.9 Å². The quantitative estimate of drug-likeness (QED) is 0.0205. The fraction of sp³-hybridized carbons (Fsp3) is 0.853. The summed E-state index contributed by atoms with van der Waals surface area (Å²) in [6, 6.07) is -0.848. The fourth-order valence-electron chi connectivity index (χ4n) is 9.79. The standard InChI is InChI=1S/C68H129N2O7P/c1-7-10-13-16-19-22-25-28-30-31-32-33-34-35-36-37-38-39-41-42-45-48-51-54-57-60-67(71)69-65(64-76-78(73,74)75-63-62-70(4,5)6)66(59-56-53-50-47-44-27-24-21-18-15-12-9-3)77-68(72)61-58-55-52-49-46-43-40-29-26-23-20-17-14-11-8-2/h19,22-23,26,28,30,56,59,65-66H,7-18,20-21,24-25,27,29,31-55,57-58,60-64H2,1-6H3,(H-,69,71,73,74)/p+1/b22-19-,26-23-,30-28-,59-56-. The van der Waals surface area contributed by atoms with E-state index >= 15 is 0 Å². The molecule has 0 aliphatic carbocycles. The summed E-state index contributed by atoms with van der Waals surface area (Å²) in [5.74, 6) is -0.498. The minimum absolute atomic E-state index is 0.0407. The minimum atomic E-state index is -4.45. The Labute approximate surface area is 484 Å². The molecule has 9 nitrogen and oxygen atoms in total. The zero-order chi connectivity index (χ0) is 57.2. The summed E-state index contributed by atoms with van der Waals surface area (Å²) < 4.78 is 30.8. The summed E-state index contributed by atoms with van der Waals surface area (Å²) in [5.41, 5.74) is 0. The van der Waals surface area contributed by atoms with Crippen molar-refractivity contribution in [2.24, 2.45) is 0 Å². The molecule has 0 saturated heterocycles. The van der Waals surface area contributed by atoms with Gasteiger partial charge in [0.25, 0.3) is 0 Å². The predicted octanol–water partition coefficient (Wildman–Crippen LogP) is 20.8. The van der Waals surface area contributed by atoms with Crippen LogP contribution in [0, 0.1) is 0 Å². The first-order chi connectivity index (χ1) is 37.9. The molecule has 3 atom stereocenters. The van der Waals surface area contributed by atoms with Gasteiger partial charge < -0.3 is 19.4 Å². The fourth-order valence-corrected chi connectivity index (χ4v) is 10.5. The Morgan fingerprint density at radius 1 is 0.449 bits per heavy atom. The zero-order valence-electron chi connectivity index (χ0n) is 52.4. The SMILES string of the molecule is CCCCC/C=C\C/C=C\CCCCCCCCCCCCCCCCCC(=O)NC(COP(=O)(O)OCC[N+](C)(C)C)C(/C=C\CCCCCCCCCCCC)OC(=O)CCCCCCCCC/C=C\CCCCCC. The molecule has 0 aliphatic heterocycles. The van der Waals surface area contributed by atoms with Crippen LogP contribution in [0.3, 0.4) is 0 Å². The smallest absolute Gasteiger partial charge is 0.456 e. The molecule has 3 unspecified atom stereocenters. The molecule has 0 rings (SSSR count). The van der Waals surface area contributed by atoms with E-state index < -0.39 is 20.0 Å². The highest BCUT2D eigenvalue weighted by Crippen LogP contribution is 2.43. The van der Waals surface area contributed by atoms with E-state index in [0.29, 0.717) is 17.4 Å². The molecule has 1 amide bonds. The Hall–Kier alpha value is -2.03. The van der Waals surface area contributed by atoms with Crippen molar-refractivity contribution in [1.82, 2.24) is 5.32 Å². The summed E-state index contributed by atoms with van der Waals surface area (Å²) >= 11 is 0. The number of rotatable bonds is 61. The van der Waals surface area contributed by atoms with Crippen LogP contribution in [0.2, 0.25) is 0 Å². The summed E-state index contributed by atoms with van der Waals surface area (Å²) in [6.45, 7) is 7.01. The van der Waals surface area contributed by atoms with Gasteiger partial charge in [-0.1, -0.05) is 269 Å². The Bertz CT molecular complexity index is 1470. The average molecular weight is 1120 g/mol. The van der Waals surface area contributed by atoms with Crippen molar-refractivity contribution in [3.8, 4) is 0 Å². The van der Waals surface area contributed by atoms with Crippen molar-refractivity contribution in [3.63, 3.8) is 0 Å². The molecule has 0 aromatic rings. The van der Waals surface area contributed by atoms with Gasteiger partial charge in [-0.25, -0.2) is 4.57 Å². The van der Waals surface area contributed by atoms with E-state index in [2.05, 4.69) is 62.5 Å². The van der Waals surface area contributed by atoms with Gasteiger partial charge in [-0.05, 0) is 89.5 Å². The normalized spacial score (nSPS) is 13.9. The van der Waals surface area contributed by atoms with E-state index in [1.807, 2.05) is 33.3 Å². The van der Waals surface area contributed by atoms with E-state index in [0.717, 1.165) is 64.2 Å². The lowest BCUT2D eigenvalue weighted by molar-refractivity contribution is -0.870. The van der Waals surface area contributed by atoms with Crippen molar-refractivity contribution in [2.45, 2.75) is 335 Å². The molecule has 0 heterocycles. The van der Waals surface area contributed by atoms with Crippen LogP contribution in [0.15, 0.2) is 48.6 Å². The number of hydrogen-bond donors (Lipinski definition) is 2. The molecule has 0 fully saturated rings. The number of nitrogens with one attached hydrogen (secondary N) is 1. The summed E-state index contributed by atoms with van der Waals surface area (Å²) in [6.07, 6.45) is 72.6. The molecule has 10 heteroatoms. The Morgan fingerprint density at radius 3 is 1.21 bits per heavy atom. The van der Waals surface area contributed by atoms with Gasteiger partial charge in [0.1, 0.15) is 19.3 Å². The highest BCUT2D eigenvalue weighted by atomic mass is 31.2. The van der Waals surface area contributed by atoms with Crippen LogP contribution < -0.4 is 5.32 Å². The molecule has 0 aliphatic rings. The maximum Gasteiger partial charge on any atom is 0.472 e. The van der Waals surface area contributed by atoms with E-state index in [-0.39, 0.29) is 31.5 Å². The van der Waals surface area contributed by atoms with Crippen molar-refractivity contribution < 1.29 is 37.3 Å². The topological polar surface area (TPSA) is 111 Å². The second-order valence-electron chi connectivity index (χ2n) is 24.0. The number of esters is 1. The molecule has 0 saturated carbocycles. The summed E-state index contributed by atoms with van der Waals surface area (Å²) in [5, 5.41) is 3.07. The number of allylic oxidation sites excluding steroid dienone is 7. The molecule has 458 valence electrons. The van der Waals surface area contributed by atoms with Crippen LogP contribution in [-0.4, -0.2) is 74.3 Å². The molecule has 0 bridgehead atoms. The predicted molar refractivity (Wildman–Crippen MR) is 337 cm³/mol. The van der Waals surface area contributed by atoms with Gasteiger partial charge in [-0.15, -0.1) is 0 Å². The molecule has 78 heavy (non-hydrogen) atoms. The molecule has 0 aromatic carbocycles. The monoisotopic (exact) mass is 1120 g/mol. The number of carbonyl (C=O) groups excluding carboxylic acids is 2. The first kappa shape index (κ1) is 76.0. The summed E-state index contributed by atoms with van der Waals surface area (Å²) in [4.78, 5) is 37.8. The highest BCUT2D eigenvalue weighted by molar-refractivity contribution is 7.47. The van der Waals surface area contributed by atoms with Crippen molar-refractivity contribution in [1.29, 1.82) is 0 Å². The third kappa shape index (κ3) is 58.6. The number of amides is 1. The van der Waals surface area contributed by atoms with Gasteiger partial charge >= 0.3 is 13.8 Å². The summed E-state index contributed by atoms with van der Waals surface area (Å²) in [7, 11) is 1.50. The van der Waals surface area contributed by atoms with Crippen molar-refractivity contribution >= 4 is 19.7 Å². The number of phosphoric ester groups is 1. The van der Waals surface area contributed by atoms with E-state index in [1.54, 1.807) is 0 Å². The number of unbranched alkanes of at least 4 members (excludes halogenated alkanes) is 39. The van der Waals surface area contributed by atoms with Gasteiger partial charge in [0.15, 0.2) is 0 Å². The number of likely N-dealkylation sites (N-methyl/N-ethyl adjacent to an activating group) is 1. The lowest BCUT2D eigenvalue weighted by Crippen LogP contribution is -2.47. The lowest BCUT2D eigenvalue weighted by Gasteiger charge is -2.27. The molecular weight excluding hydrogens is 988 g/mol. The van der Waals surface area contributed by atoms with Crippen LogP contribution in [0.4, 0.5) is 0 Å². The lowest BCUT2D eigenvalue weighted by atomic mass is 10.0. The van der Waals surface area contributed by atoms with Gasteiger partial charge in [-0.2, -0.15) is 0 Å². The third-order valence-electron chi connectivity index (χ3n) is 15.0. The van der Waals surface area contributed by atoms with E-state index in [4.69, 9.17) is 13.8 Å². The van der Waals surface area contributed by atoms with Crippen LogP contribution in [0.5, 0.6) is 0 Å². The maximum atomic E-state index is 13.6. The van der Waals surface area contributed by atoms with Crippen molar-refractivity contribution in [3.05, 3.63) is 48.6 Å². The first-order valence-corrected chi connectivity index (χ1v) is 35.0. The number of ether oxygens (including phenoxy) is 1. The third-order valence-corrected chi connectivity index (χ3v) is 16.0. The van der Waals surface area contributed by atoms with Crippen LogP contribution in [0.1, 0.15) is 323 Å². The number of quaternary nitrogens is 1. The Kier molecular flexibility index (Phi) is 56.7. The molecule has 0 aromatic heterocycles. The highest BCUT2D eigenvalue weighted by Gasteiger charge is 2.30.